The monoisotopic (exact) mass is 436 g/mol. The Labute approximate surface area is 180 Å². The maximum atomic E-state index is 11.4. The van der Waals surface area contributed by atoms with Gasteiger partial charge in [-0.25, -0.2) is 4.79 Å². The predicted octanol–water partition coefficient (Wildman–Crippen LogP) is 1.95. The minimum Gasteiger partial charge on any atom is -0.458 e. The summed E-state index contributed by atoms with van der Waals surface area (Å²) in [5, 5.41) is 0. The third-order valence-electron chi connectivity index (χ3n) is 3.80. The van der Waals surface area contributed by atoms with Crippen molar-refractivity contribution in [2.75, 3.05) is 79.3 Å². The van der Waals surface area contributed by atoms with Crippen molar-refractivity contribution in [1.29, 1.82) is 0 Å². The van der Waals surface area contributed by atoms with E-state index >= 15 is 0 Å². The zero-order chi connectivity index (χ0) is 21.9. The number of carbonyl (C=O) groups excluding carboxylic acids is 1. The molecule has 1 aliphatic rings. The maximum absolute atomic E-state index is 11.4. The molecular weight excluding hydrogens is 396 g/mol. The van der Waals surface area contributed by atoms with Crippen LogP contribution in [0.5, 0.6) is 0 Å². The van der Waals surface area contributed by atoms with Gasteiger partial charge in [-0.15, -0.1) is 0 Å². The summed E-state index contributed by atoms with van der Waals surface area (Å²) in [7, 11) is 0. The van der Waals surface area contributed by atoms with Gasteiger partial charge in [0.1, 0.15) is 12.2 Å². The number of ether oxygens (including phenoxy) is 8. The van der Waals surface area contributed by atoms with Crippen molar-refractivity contribution >= 4 is 5.97 Å². The number of rotatable bonds is 18. The number of esters is 1. The number of carbonyl (C=O) groups is 1. The molecule has 0 saturated carbocycles. The first kappa shape index (κ1) is 27.2. The van der Waals surface area contributed by atoms with Crippen LogP contribution in [0.1, 0.15) is 40.0 Å². The Kier molecular flexibility index (Phi) is 16.2. The Balaban J connectivity index is 1.70. The highest BCUT2D eigenvalue weighted by atomic mass is 16.7. The highest BCUT2D eigenvalue weighted by molar-refractivity contribution is 5.71. The Hall–Kier alpha value is -0.810. The van der Waals surface area contributed by atoms with Gasteiger partial charge >= 0.3 is 5.97 Å². The molecule has 0 N–H and O–H groups in total. The van der Waals surface area contributed by atoms with Crippen LogP contribution in [-0.4, -0.2) is 97.1 Å². The van der Waals surface area contributed by atoms with E-state index in [-0.39, 0.29) is 18.9 Å². The number of hydrogen-bond donors (Lipinski definition) is 0. The molecule has 9 nitrogen and oxygen atoms in total. The summed E-state index contributed by atoms with van der Waals surface area (Å²) >= 11 is 0. The molecule has 1 heterocycles. The average molecular weight is 437 g/mol. The van der Waals surface area contributed by atoms with Gasteiger partial charge < -0.3 is 37.9 Å². The predicted molar refractivity (Wildman–Crippen MR) is 109 cm³/mol. The summed E-state index contributed by atoms with van der Waals surface area (Å²) in [4.78, 5) is 11.4. The fourth-order valence-corrected chi connectivity index (χ4v) is 2.49. The van der Waals surface area contributed by atoms with Gasteiger partial charge in [0.25, 0.3) is 0 Å². The van der Waals surface area contributed by atoms with Crippen molar-refractivity contribution in [3.8, 4) is 0 Å². The molecule has 1 saturated heterocycles. The SMILES string of the molecule is CC(C)(C)OC(=O)COCCOCCOCCOCCOCCOC1CCCCO1. The van der Waals surface area contributed by atoms with Crippen LogP contribution in [0.3, 0.4) is 0 Å². The van der Waals surface area contributed by atoms with E-state index in [1.54, 1.807) is 0 Å². The Bertz CT molecular complexity index is 406. The van der Waals surface area contributed by atoms with Crippen molar-refractivity contribution in [3.63, 3.8) is 0 Å². The van der Waals surface area contributed by atoms with E-state index in [1.807, 2.05) is 20.8 Å². The first-order chi connectivity index (χ1) is 14.5. The van der Waals surface area contributed by atoms with Crippen molar-refractivity contribution in [2.24, 2.45) is 0 Å². The van der Waals surface area contributed by atoms with Crippen LogP contribution in [0.4, 0.5) is 0 Å². The minimum atomic E-state index is -0.496. The summed E-state index contributed by atoms with van der Waals surface area (Å²) in [6.07, 6.45) is 3.19. The van der Waals surface area contributed by atoms with Crippen LogP contribution in [0.15, 0.2) is 0 Å². The van der Waals surface area contributed by atoms with Gasteiger partial charge in [-0.05, 0) is 40.0 Å². The minimum absolute atomic E-state index is 0.0653. The van der Waals surface area contributed by atoms with Gasteiger partial charge in [0.2, 0.25) is 0 Å². The molecule has 0 aromatic heterocycles. The maximum Gasteiger partial charge on any atom is 0.332 e. The van der Waals surface area contributed by atoms with Gasteiger partial charge in [-0.3, -0.25) is 0 Å². The van der Waals surface area contributed by atoms with E-state index in [4.69, 9.17) is 37.9 Å². The van der Waals surface area contributed by atoms with Crippen LogP contribution in [0.2, 0.25) is 0 Å². The van der Waals surface area contributed by atoms with Gasteiger partial charge in [-0.1, -0.05) is 0 Å². The molecule has 0 aromatic rings. The molecule has 0 aliphatic carbocycles. The second-order valence-electron chi connectivity index (χ2n) is 7.76. The lowest BCUT2D eigenvalue weighted by Crippen LogP contribution is -2.27. The summed E-state index contributed by atoms with van der Waals surface area (Å²) < 4.78 is 43.0. The first-order valence-corrected chi connectivity index (χ1v) is 10.8. The van der Waals surface area contributed by atoms with Crippen molar-refractivity contribution in [2.45, 2.75) is 51.9 Å². The molecule has 1 fully saturated rings. The molecule has 1 atom stereocenters. The Morgan fingerprint density at radius 1 is 0.767 bits per heavy atom. The lowest BCUT2D eigenvalue weighted by molar-refractivity contribution is -0.169. The third-order valence-corrected chi connectivity index (χ3v) is 3.80. The van der Waals surface area contributed by atoms with Crippen LogP contribution < -0.4 is 0 Å². The average Bonchev–Trinajstić information content (AvgIpc) is 2.69. The topological polar surface area (TPSA) is 90.9 Å². The summed E-state index contributed by atoms with van der Waals surface area (Å²) in [5.74, 6) is -0.376. The molecule has 0 radical (unpaired) electrons. The largest absolute Gasteiger partial charge is 0.458 e. The smallest absolute Gasteiger partial charge is 0.332 e. The van der Waals surface area contributed by atoms with Gasteiger partial charge in [0, 0.05) is 6.61 Å². The van der Waals surface area contributed by atoms with E-state index in [9.17, 15) is 4.79 Å². The molecule has 178 valence electrons. The van der Waals surface area contributed by atoms with Gasteiger partial charge in [0.05, 0.1) is 66.1 Å². The summed E-state index contributed by atoms with van der Waals surface area (Å²) in [5.41, 5.74) is -0.496. The number of hydrogen-bond acceptors (Lipinski definition) is 9. The lowest BCUT2D eigenvalue weighted by atomic mass is 10.2. The van der Waals surface area contributed by atoms with E-state index in [0.29, 0.717) is 66.1 Å². The fraction of sp³-hybridized carbons (Fsp3) is 0.952. The third kappa shape index (κ3) is 18.0. The second-order valence-corrected chi connectivity index (χ2v) is 7.76. The standard InChI is InChI=1S/C21H40O9/c1-21(2,3)30-19(22)18-27-15-14-25-11-10-23-8-9-24-12-13-26-16-17-29-20-6-4-5-7-28-20/h20H,4-18H2,1-3H3. The fourth-order valence-electron chi connectivity index (χ4n) is 2.49. The van der Waals surface area contributed by atoms with Crippen molar-refractivity contribution in [3.05, 3.63) is 0 Å². The molecule has 1 unspecified atom stereocenters. The molecule has 1 rings (SSSR count). The van der Waals surface area contributed by atoms with E-state index < -0.39 is 5.60 Å². The van der Waals surface area contributed by atoms with Crippen LogP contribution in [0, 0.1) is 0 Å². The summed E-state index contributed by atoms with van der Waals surface area (Å²) in [6, 6.07) is 0. The quantitative estimate of drug-likeness (QED) is 0.236. The lowest BCUT2D eigenvalue weighted by Gasteiger charge is -2.22. The Morgan fingerprint density at radius 2 is 1.27 bits per heavy atom. The summed E-state index contributed by atoms with van der Waals surface area (Å²) in [6.45, 7) is 11.0. The molecule has 1 aliphatic heterocycles. The molecular formula is C21H40O9. The molecule has 0 bridgehead atoms. The van der Waals surface area contributed by atoms with Crippen LogP contribution in [-0.2, 0) is 42.7 Å². The van der Waals surface area contributed by atoms with E-state index in [0.717, 1.165) is 25.9 Å². The highest BCUT2D eigenvalue weighted by Crippen LogP contribution is 2.13. The van der Waals surface area contributed by atoms with Gasteiger partial charge in [-0.2, -0.15) is 0 Å². The molecule has 0 amide bonds. The molecule has 9 heteroatoms. The molecule has 30 heavy (non-hydrogen) atoms. The zero-order valence-electron chi connectivity index (χ0n) is 18.9. The molecule has 0 spiro atoms. The zero-order valence-corrected chi connectivity index (χ0v) is 18.9. The van der Waals surface area contributed by atoms with E-state index in [1.165, 1.54) is 0 Å². The molecule has 0 aromatic carbocycles. The van der Waals surface area contributed by atoms with Crippen molar-refractivity contribution in [1.82, 2.24) is 0 Å². The second kappa shape index (κ2) is 17.8. The highest BCUT2D eigenvalue weighted by Gasteiger charge is 2.16. The van der Waals surface area contributed by atoms with Crippen LogP contribution in [0.25, 0.3) is 0 Å². The van der Waals surface area contributed by atoms with Gasteiger partial charge in [0.15, 0.2) is 6.29 Å². The van der Waals surface area contributed by atoms with Crippen molar-refractivity contribution < 1.29 is 42.7 Å². The van der Waals surface area contributed by atoms with E-state index in [2.05, 4.69) is 0 Å². The Morgan fingerprint density at radius 3 is 1.73 bits per heavy atom. The first-order valence-electron chi connectivity index (χ1n) is 10.8. The van der Waals surface area contributed by atoms with Crippen LogP contribution >= 0.6 is 0 Å². The normalized spacial score (nSPS) is 17.2.